The number of hydrogen-bond acceptors (Lipinski definition) is 4. The summed E-state index contributed by atoms with van der Waals surface area (Å²) in [6.45, 7) is 10.7. The van der Waals surface area contributed by atoms with Gasteiger partial charge in [-0.05, 0) is 34.6 Å². The van der Waals surface area contributed by atoms with Crippen molar-refractivity contribution in [1.82, 2.24) is 20.9 Å². The van der Waals surface area contributed by atoms with Gasteiger partial charge in [0.15, 0.2) is 5.96 Å². The Balaban J connectivity index is 2.43. The summed E-state index contributed by atoms with van der Waals surface area (Å²) >= 11 is 1.66. The van der Waals surface area contributed by atoms with Gasteiger partial charge in [0.1, 0.15) is 0 Å². The molecule has 7 heteroatoms. The summed E-state index contributed by atoms with van der Waals surface area (Å²) in [4.78, 5) is 21.4. The Morgan fingerprint density at radius 2 is 1.95 bits per heavy atom. The molecule has 0 atom stereocenters. The van der Waals surface area contributed by atoms with E-state index in [2.05, 4.69) is 25.9 Å². The molecule has 0 aromatic carbocycles. The van der Waals surface area contributed by atoms with E-state index in [1.165, 1.54) is 4.88 Å². The summed E-state index contributed by atoms with van der Waals surface area (Å²) in [5, 5.41) is 10.1. The Hall–Kier alpha value is -1.63. The smallest absolute Gasteiger partial charge is 0.239 e. The highest BCUT2D eigenvalue weighted by molar-refractivity contribution is 7.11. The van der Waals surface area contributed by atoms with Crippen LogP contribution in [0.3, 0.4) is 0 Å². The molecule has 0 unspecified atom stereocenters. The fourth-order valence-electron chi connectivity index (χ4n) is 1.75. The molecule has 1 aromatic rings. The molecule has 3 N–H and O–H groups in total. The fourth-order valence-corrected chi connectivity index (χ4v) is 2.63. The molecule has 0 radical (unpaired) electrons. The first-order chi connectivity index (χ1) is 9.71. The maximum absolute atomic E-state index is 11.7. The zero-order chi connectivity index (χ0) is 16.0. The van der Waals surface area contributed by atoms with Gasteiger partial charge >= 0.3 is 0 Å². The number of carbonyl (C=O) groups excluding carboxylic acids is 1. The number of amides is 1. The van der Waals surface area contributed by atoms with E-state index in [0.29, 0.717) is 12.5 Å². The van der Waals surface area contributed by atoms with E-state index < -0.39 is 0 Å². The topological polar surface area (TPSA) is 78.4 Å². The molecule has 6 nitrogen and oxygen atoms in total. The van der Waals surface area contributed by atoms with Crippen LogP contribution in [0, 0.1) is 13.8 Å². The van der Waals surface area contributed by atoms with E-state index in [0.717, 1.165) is 10.7 Å². The predicted octanol–water partition coefficient (Wildman–Crippen LogP) is 1.34. The highest BCUT2D eigenvalue weighted by atomic mass is 32.1. The first-order valence-electron chi connectivity index (χ1n) is 6.89. The second kappa shape index (κ2) is 7.40. The van der Waals surface area contributed by atoms with Crippen LogP contribution in [0.2, 0.25) is 0 Å². The van der Waals surface area contributed by atoms with E-state index >= 15 is 0 Å². The summed E-state index contributed by atoms with van der Waals surface area (Å²) in [7, 11) is 1.68. The molecule has 1 rings (SSSR count). The van der Waals surface area contributed by atoms with Gasteiger partial charge in [-0.2, -0.15) is 0 Å². The first-order valence-corrected chi connectivity index (χ1v) is 7.71. The lowest BCUT2D eigenvalue weighted by molar-refractivity contribution is -0.121. The molecule has 0 saturated carbocycles. The Kier molecular flexibility index (Phi) is 6.14. The first kappa shape index (κ1) is 17.4. The summed E-state index contributed by atoms with van der Waals surface area (Å²) in [5.41, 5.74) is 0.804. The van der Waals surface area contributed by atoms with Gasteiger partial charge in [-0.1, -0.05) is 0 Å². The third-order valence-corrected chi connectivity index (χ3v) is 3.64. The van der Waals surface area contributed by atoms with Crippen LogP contribution in [0.25, 0.3) is 0 Å². The molecule has 0 aliphatic carbocycles. The van der Waals surface area contributed by atoms with Gasteiger partial charge in [0.25, 0.3) is 0 Å². The van der Waals surface area contributed by atoms with Gasteiger partial charge in [0.05, 0.1) is 23.8 Å². The number of nitrogens with one attached hydrogen (secondary N) is 3. The number of aryl methyl sites for hydroxylation is 2. The molecular formula is C14H25N5OS. The summed E-state index contributed by atoms with van der Waals surface area (Å²) in [6.07, 6.45) is 0. The Bertz CT molecular complexity index is 516. The molecule has 0 bridgehead atoms. The standard InChI is InChI=1S/C14H25N5OS/c1-9-11(21-10(2)18-9)7-16-13(15-6)17-8-12(20)19-14(3,4)5/h7-8H2,1-6H3,(H,19,20)(H2,15,16,17). The average molecular weight is 311 g/mol. The zero-order valence-electron chi connectivity index (χ0n) is 13.6. The van der Waals surface area contributed by atoms with Crippen molar-refractivity contribution in [2.45, 2.75) is 46.7 Å². The lowest BCUT2D eigenvalue weighted by atomic mass is 10.1. The van der Waals surface area contributed by atoms with Crippen molar-refractivity contribution < 1.29 is 4.79 Å². The Morgan fingerprint density at radius 3 is 2.43 bits per heavy atom. The molecule has 0 spiro atoms. The maximum Gasteiger partial charge on any atom is 0.239 e. The summed E-state index contributed by atoms with van der Waals surface area (Å²) in [6, 6.07) is 0. The predicted molar refractivity (Wildman–Crippen MR) is 87.7 cm³/mol. The molecule has 1 heterocycles. The van der Waals surface area contributed by atoms with Gasteiger partial charge in [0.2, 0.25) is 5.91 Å². The molecule has 0 aliphatic heterocycles. The summed E-state index contributed by atoms with van der Waals surface area (Å²) in [5.74, 6) is 0.541. The van der Waals surface area contributed by atoms with Crippen LogP contribution < -0.4 is 16.0 Å². The summed E-state index contributed by atoms with van der Waals surface area (Å²) < 4.78 is 0. The van der Waals surface area contributed by atoms with Crippen molar-refractivity contribution in [3.05, 3.63) is 15.6 Å². The van der Waals surface area contributed by atoms with Crippen LogP contribution >= 0.6 is 11.3 Å². The Labute approximate surface area is 130 Å². The lowest BCUT2D eigenvalue weighted by Crippen LogP contribution is -2.48. The normalized spacial score (nSPS) is 12.2. The molecule has 118 valence electrons. The van der Waals surface area contributed by atoms with Crippen LogP contribution in [0.15, 0.2) is 4.99 Å². The molecule has 0 saturated heterocycles. The highest BCUT2D eigenvalue weighted by Gasteiger charge is 2.13. The molecule has 0 fully saturated rings. The van der Waals surface area contributed by atoms with Crippen molar-refractivity contribution in [2.24, 2.45) is 4.99 Å². The second-order valence-electron chi connectivity index (χ2n) is 5.82. The lowest BCUT2D eigenvalue weighted by Gasteiger charge is -2.21. The van der Waals surface area contributed by atoms with Gasteiger partial charge in [-0.3, -0.25) is 9.79 Å². The molecule has 0 aliphatic rings. The van der Waals surface area contributed by atoms with Crippen LogP contribution in [0.5, 0.6) is 0 Å². The minimum absolute atomic E-state index is 0.0599. The van der Waals surface area contributed by atoms with Crippen LogP contribution in [-0.4, -0.2) is 36.0 Å². The SMILES string of the molecule is CN=C(NCC(=O)NC(C)(C)C)NCc1sc(C)nc1C. The van der Waals surface area contributed by atoms with Crippen LogP contribution in [0.1, 0.15) is 36.3 Å². The van der Waals surface area contributed by atoms with E-state index in [1.807, 2.05) is 34.6 Å². The monoisotopic (exact) mass is 311 g/mol. The van der Waals surface area contributed by atoms with E-state index in [9.17, 15) is 4.79 Å². The molecule has 1 aromatic heterocycles. The quantitative estimate of drug-likeness (QED) is 0.579. The number of thiazole rings is 1. The number of guanidine groups is 1. The zero-order valence-corrected chi connectivity index (χ0v) is 14.4. The van der Waals surface area contributed by atoms with Gasteiger partial charge in [0, 0.05) is 17.5 Å². The average Bonchev–Trinajstić information content (AvgIpc) is 2.66. The van der Waals surface area contributed by atoms with Crippen molar-refractivity contribution in [3.8, 4) is 0 Å². The van der Waals surface area contributed by atoms with Gasteiger partial charge in [-0.25, -0.2) is 4.98 Å². The third-order valence-electron chi connectivity index (χ3n) is 2.57. The number of carbonyl (C=O) groups is 1. The molecular weight excluding hydrogens is 286 g/mol. The number of aromatic nitrogens is 1. The highest BCUT2D eigenvalue weighted by Crippen LogP contribution is 2.16. The number of hydrogen-bond donors (Lipinski definition) is 3. The minimum atomic E-state index is -0.229. The maximum atomic E-state index is 11.7. The third kappa shape index (κ3) is 6.57. The number of rotatable bonds is 4. The minimum Gasteiger partial charge on any atom is -0.351 e. The second-order valence-corrected chi connectivity index (χ2v) is 7.11. The van der Waals surface area contributed by atoms with Gasteiger partial charge in [-0.15, -0.1) is 11.3 Å². The molecule has 1 amide bonds. The number of aliphatic imine (C=N–C) groups is 1. The van der Waals surface area contributed by atoms with Crippen LogP contribution in [0.4, 0.5) is 0 Å². The van der Waals surface area contributed by atoms with Gasteiger partial charge < -0.3 is 16.0 Å². The Morgan fingerprint density at radius 1 is 1.29 bits per heavy atom. The van der Waals surface area contributed by atoms with Crippen molar-refractivity contribution in [1.29, 1.82) is 0 Å². The van der Waals surface area contributed by atoms with E-state index in [-0.39, 0.29) is 18.0 Å². The fraction of sp³-hybridized carbons (Fsp3) is 0.643. The largest absolute Gasteiger partial charge is 0.351 e. The van der Waals surface area contributed by atoms with Crippen molar-refractivity contribution >= 4 is 23.2 Å². The van der Waals surface area contributed by atoms with Crippen molar-refractivity contribution in [3.63, 3.8) is 0 Å². The van der Waals surface area contributed by atoms with E-state index in [4.69, 9.17) is 0 Å². The number of nitrogens with zero attached hydrogens (tertiary/aromatic N) is 2. The van der Waals surface area contributed by atoms with Crippen LogP contribution in [-0.2, 0) is 11.3 Å². The molecule has 21 heavy (non-hydrogen) atoms. The van der Waals surface area contributed by atoms with Crippen molar-refractivity contribution in [2.75, 3.05) is 13.6 Å². The van der Waals surface area contributed by atoms with E-state index in [1.54, 1.807) is 18.4 Å².